The number of aryl methyl sites for hydroxylation is 1. The van der Waals surface area contributed by atoms with Crippen molar-refractivity contribution in [2.45, 2.75) is 39.5 Å². The van der Waals surface area contributed by atoms with E-state index in [0.717, 1.165) is 6.54 Å². The quantitative estimate of drug-likeness (QED) is 0.817. The zero-order valence-electron chi connectivity index (χ0n) is 10.7. The first-order chi connectivity index (χ1) is 7.73. The molecule has 1 heterocycles. The van der Waals surface area contributed by atoms with E-state index in [1.165, 1.54) is 24.9 Å². The SMILES string of the molecule is CCC1(CC)CNC[C@@H]1c1ccccc1C. The lowest BCUT2D eigenvalue weighted by Crippen LogP contribution is -2.27. The number of nitrogens with one attached hydrogen (secondary N) is 1. The zero-order valence-corrected chi connectivity index (χ0v) is 10.7. The highest BCUT2D eigenvalue weighted by Gasteiger charge is 2.40. The molecular weight excluding hydrogens is 194 g/mol. The number of rotatable bonds is 3. The van der Waals surface area contributed by atoms with Gasteiger partial charge in [-0.1, -0.05) is 38.1 Å². The van der Waals surface area contributed by atoms with E-state index >= 15 is 0 Å². The van der Waals surface area contributed by atoms with E-state index in [1.54, 1.807) is 5.56 Å². The van der Waals surface area contributed by atoms with Gasteiger partial charge in [0, 0.05) is 19.0 Å². The van der Waals surface area contributed by atoms with Crippen LogP contribution in [0.25, 0.3) is 0 Å². The lowest BCUT2D eigenvalue weighted by Gasteiger charge is -2.33. The summed E-state index contributed by atoms with van der Waals surface area (Å²) in [4.78, 5) is 0. The minimum absolute atomic E-state index is 0.478. The predicted molar refractivity (Wildman–Crippen MR) is 69.8 cm³/mol. The minimum Gasteiger partial charge on any atom is -0.316 e. The van der Waals surface area contributed by atoms with Crippen LogP contribution in [0.1, 0.15) is 43.7 Å². The third-order valence-corrected chi connectivity index (χ3v) is 4.54. The Hall–Kier alpha value is -0.820. The van der Waals surface area contributed by atoms with Gasteiger partial charge in [-0.3, -0.25) is 0 Å². The molecule has 1 fully saturated rings. The molecule has 1 saturated heterocycles. The first-order valence-corrected chi connectivity index (χ1v) is 6.49. The molecule has 1 aliphatic heterocycles. The zero-order chi connectivity index (χ0) is 11.6. The summed E-state index contributed by atoms with van der Waals surface area (Å²) in [5.74, 6) is 0.698. The van der Waals surface area contributed by atoms with Gasteiger partial charge < -0.3 is 5.32 Å². The summed E-state index contributed by atoms with van der Waals surface area (Å²) in [6.45, 7) is 9.23. The standard InChI is InChI=1S/C15H23N/c1-4-15(5-2)11-16-10-14(15)13-9-7-6-8-12(13)3/h6-9,14,16H,4-5,10-11H2,1-3H3/t14-/m1/s1. The van der Waals surface area contributed by atoms with E-state index < -0.39 is 0 Å². The molecule has 0 bridgehead atoms. The summed E-state index contributed by atoms with van der Waals surface area (Å²) >= 11 is 0. The summed E-state index contributed by atoms with van der Waals surface area (Å²) in [5, 5.41) is 3.59. The Morgan fingerprint density at radius 2 is 1.94 bits per heavy atom. The first-order valence-electron chi connectivity index (χ1n) is 6.49. The van der Waals surface area contributed by atoms with Crippen LogP contribution in [0, 0.1) is 12.3 Å². The van der Waals surface area contributed by atoms with Gasteiger partial charge in [-0.15, -0.1) is 0 Å². The summed E-state index contributed by atoms with van der Waals surface area (Å²) < 4.78 is 0. The fraction of sp³-hybridized carbons (Fsp3) is 0.600. The fourth-order valence-corrected chi connectivity index (χ4v) is 3.22. The van der Waals surface area contributed by atoms with Gasteiger partial charge in [-0.25, -0.2) is 0 Å². The summed E-state index contributed by atoms with van der Waals surface area (Å²) in [7, 11) is 0. The second-order valence-corrected chi connectivity index (χ2v) is 5.11. The molecule has 0 amide bonds. The van der Waals surface area contributed by atoms with Crippen LogP contribution in [0.5, 0.6) is 0 Å². The molecule has 1 aromatic carbocycles. The van der Waals surface area contributed by atoms with Crippen LogP contribution in [0.4, 0.5) is 0 Å². The molecule has 88 valence electrons. The molecule has 0 aromatic heterocycles. The van der Waals surface area contributed by atoms with Gasteiger partial charge in [-0.05, 0) is 36.3 Å². The van der Waals surface area contributed by atoms with Crippen LogP contribution < -0.4 is 5.32 Å². The van der Waals surface area contributed by atoms with Crippen molar-refractivity contribution in [3.63, 3.8) is 0 Å². The molecule has 0 unspecified atom stereocenters. The van der Waals surface area contributed by atoms with Crippen molar-refractivity contribution < 1.29 is 0 Å². The molecule has 0 aliphatic carbocycles. The second kappa shape index (κ2) is 4.58. The molecule has 1 aliphatic rings. The van der Waals surface area contributed by atoms with Crippen LogP contribution in [-0.2, 0) is 0 Å². The molecule has 1 atom stereocenters. The number of hydrogen-bond acceptors (Lipinski definition) is 1. The van der Waals surface area contributed by atoms with Gasteiger partial charge >= 0.3 is 0 Å². The maximum absolute atomic E-state index is 3.59. The van der Waals surface area contributed by atoms with Crippen molar-refractivity contribution in [1.82, 2.24) is 5.32 Å². The van der Waals surface area contributed by atoms with Crippen molar-refractivity contribution in [2.75, 3.05) is 13.1 Å². The third-order valence-electron chi connectivity index (χ3n) is 4.54. The van der Waals surface area contributed by atoms with Crippen molar-refractivity contribution in [1.29, 1.82) is 0 Å². The Bertz CT molecular complexity index is 352. The summed E-state index contributed by atoms with van der Waals surface area (Å²) in [6, 6.07) is 8.87. The van der Waals surface area contributed by atoms with Crippen molar-refractivity contribution in [3.8, 4) is 0 Å². The van der Waals surface area contributed by atoms with Crippen LogP contribution in [0.3, 0.4) is 0 Å². The van der Waals surface area contributed by atoms with Gasteiger partial charge in [-0.2, -0.15) is 0 Å². The Morgan fingerprint density at radius 3 is 2.56 bits per heavy atom. The molecule has 0 radical (unpaired) electrons. The maximum atomic E-state index is 3.59. The predicted octanol–water partition coefficient (Wildman–Crippen LogP) is 3.49. The van der Waals surface area contributed by atoms with Gasteiger partial charge in [0.05, 0.1) is 0 Å². The van der Waals surface area contributed by atoms with E-state index in [2.05, 4.69) is 50.4 Å². The molecule has 16 heavy (non-hydrogen) atoms. The smallest absolute Gasteiger partial charge is 0.00345 e. The fourth-order valence-electron chi connectivity index (χ4n) is 3.22. The molecule has 1 heteroatoms. The number of benzene rings is 1. The molecule has 2 rings (SSSR count). The monoisotopic (exact) mass is 217 g/mol. The average molecular weight is 217 g/mol. The minimum atomic E-state index is 0.478. The van der Waals surface area contributed by atoms with Crippen LogP contribution in [-0.4, -0.2) is 13.1 Å². The normalized spacial score (nSPS) is 23.6. The molecule has 0 saturated carbocycles. The van der Waals surface area contributed by atoms with Crippen molar-refractivity contribution in [3.05, 3.63) is 35.4 Å². The Morgan fingerprint density at radius 1 is 1.25 bits per heavy atom. The Labute approximate surface area is 99.3 Å². The highest BCUT2D eigenvalue weighted by atomic mass is 14.9. The van der Waals surface area contributed by atoms with E-state index in [-0.39, 0.29) is 0 Å². The first kappa shape index (κ1) is 11.7. The number of hydrogen-bond donors (Lipinski definition) is 1. The molecule has 1 N–H and O–H groups in total. The van der Waals surface area contributed by atoms with E-state index in [4.69, 9.17) is 0 Å². The largest absolute Gasteiger partial charge is 0.316 e. The highest BCUT2D eigenvalue weighted by Crippen LogP contribution is 2.45. The molecule has 1 nitrogen and oxygen atoms in total. The van der Waals surface area contributed by atoms with Crippen LogP contribution >= 0.6 is 0 Å². The molecular formula is C15H23N. The third kappa shape index (κ3) is 1.78. The van der Waals surface area contributed by atoms with Crippen molar-refractivity contribution in [2.24, 2.45) is 5.41 Å². The maximum Gasteiger partial charge on any atom is 0.00345 e. The van der Waals surface area contributed by atoms with Crippen molar-refractivity contribution >= 4 is 0 Å². The Balaban J connectivity index is 2.37. The topological polar surface area (TPSA) is 12.0 Å². The van der Waals surface area contributed by atoms with E-state index in [1.807, 2.05) is 0 Å². The average Bonchev–Trinajstić information content (AvgIpc) is 2.74. The second-order valence-electron chi connectivity index (χ2n) is 5.11. The highest BCUT2D eigenvalue weighted by molar-refractivity contribution is 5.32. The van der Waals surface area contributed by atoms with Gasteiger partial charge in [0.15, 0.2) is 0 Å². The summed E-state index contributed by atoms with van der Waals surface area (Å²) in [5.41, 5.74) is 3.48. The lowest BCUT2D eigenvalue weighted by atomic mass is 9.70. The molecule has 0 spiro atoms. The van der Waals surface area contributed by atoms with E-state index in [0.29, 0.717) is 11.3 Å². The van der Waals surface area contributed by atoms with Gasteiger partial charge in [0.1, 0.15) is 0 Å². The Kier molecular flexibility index (Phi) is 3.34. The van der Waals surface area contributed by atoms with Crippen LogP contribution in [0.2, 0.25) is 0 Å². The van der Waals surface area contributed by atoms with E-state index in [9.17, 15) is 0 Å². The van der Waals surface area contributed by atoms with Crippen LogP contribution in [0.15, 0.2) is 24.3 Å². The summed E-state index contributed by atoms with van der Waals surface area (Å²) in [6.07, 6.45) is 2.55. The lowest BCUT2D eigenvalue weighted by molar-refractivity contribution is 0.260. The van der Waals surface area contributed by atoms with Gasteiger partial charge in [0.25, 0.3) is 0 Å². The molecule has 1 aromatic rings. The van der Waals surface area contributed by atoms with Gasteiger partial charge in [0.2, 0.25) is 0 Å².